The van der Waals surface area contributed by atoms with Crippen LogP contribution in [0.25, 0.3) is 0 Å². The van der Waals surface area contributed by atoms with Gasteiger partial charge in [0.25, 0.3) is 0 Å². The second-order valence-corrected chi connectivity index (χ2v) is 8.26. The lowest BCUT2D eigenvalue weighted by molar-refractivity contribution is 0.0988. The van der Waals surface area contributed by atoms with Crippen molar-refractivity contribution in [3.8, 4) is 0 Å². The van der Waals surface area contributed by atoms with E-state index in [1.54, 1.807) is 4.31 Å². The van der Waals surface area contributed by atoms with E-state index >= 15 is 0 Å². The number of nitrogens with zero attached hydrogens (tertiary/aromatic N) is 1. The van der Waals surface area contributed by atoms with Crippen molar-refractivity contribution in [2.24, 2.45) is 17.8 Å². The number of rotatable bonds is 0. The van der Waals surface area contributed by atoms with Crippen molar-refractivity contribution < 1.29 is 8.42 Å². The van der Waals surface area contributed by atoms with E-state index in [9.17, 15) is 8.42 Å². The zero-order chi connectivity index (χ0) is 12.0. The van der Waals surface area contributed by atoms with Crippen LogP contribution in [0, 0.1) is 17.8 Å². The smallest absolute Gasteiger partial charge is 0.212 e. The highest BCUT2D eigenvalue weighted by molar-refractivity contribution is 7.89. The average molecular weight is 257 g/mol. The molecule has 0 radical (unpaired) electrons. The molecular formula is C13H23NO2S. The van der Waals surface area contributed by atoms with E-state index in [0.717, 1.165) is 12.3 Å². The first-order chi connectivity index (χ1) is 8.09. The Balaban J connectivity index is 1.89. The van der Waals surface area contributed by atoms with E-state index in [2.05, 4.69) is 0 Å². The summed E-state index contributed by atoms with van der Waals surface area (Å²) < 4.78 is 25.8. The first kappa shape index (κ1) is 12.0. The maximum Gasteiger partial charge on any atom is 0.214 e. The summed E-state index contributed by atoms with van der Waals surface area (Å²) >= 11 is 0. The van der Waals surface area contributed by atoms with Crippen LogP contribution in [-0.2, 0) is 10.0 Å². The zero-order valence-corrected chi connectivity index (χ0v) is 11.5. The molecule has 17 heavy (non-hydrogen) atoms. The Bertz CT molecular complexity index is 392. The molecule has 1 heterocycles. The molecule has 1 saturated heterocycles. The van der Waals surface area contributed by atoms with E-state index in [-0.39, 0.29) is 0 Å². The number of hydrogen-bond acceptors (Lipinski definition) is 2. The van der Waals surface area contributed by atoms with Crippen LogP contribution in [0.1, 0.15) is 44.9 Å². The largest absolute Gasteiger partial charge is 0.214 e. The van der Waals surface area contributed by atoms with Gasteiger partial charge in [-0.15, -0.1) is 0 Å². The van der Waals surface area contributed by atoms with Gasteiger partial charge in [-0.2, -0.15) is 0 Å². The topological polar surface area (TPSA) is 37.4 Å². The van der Waals surface area contributed by atoms with Gasteiger partial charge >= 0.3 is 0 Å². The molecule has 4 unspecified atom stereocenters. The fourth-order valence-corrected chi connectivity index (χ4v) is 6.33. The molecule has 1 aliphatic heterocycles. The lowest BCUT2D eigenvalue weighted by Crippen LogP contribution is -2.44. The molecule has 4 heteroatoms. The molecule has 3 fully saturated rings. The van der Waals surface area contributed by atoms with Gasteiger partial charge in [-0.25, -0.2) is 12.7 Å². The van der Waals surface area contributed by atoms with Crippen LogP contribution in [0.3, 0.4) is 0 Å². The van der Waals surface area contributed by atoms with Crippen molar-refractivity contribution >= 4 is 10.0 Å². The van der Waals surface area contributed by atoms with Crippen molar-refractivity contribution in [1.82, 2.24) is 4.31 Å². The van der Waals surface area contributed by atoms with Crippen LogP contribution in [-0.4, -0.2) is 31.6 Å². The van der Waals surface area contributed by atoms with Gasteiger partial charge in [-0.1, -0.05) is 25.7 Å². The molecule has 3 aliphatic rings. The van der Waals surface area contributed by atoms with Crippen LogP contribution < -0.4 is 0 Å². The van der Waals surface area contributed by atoms with Crippen LogP contribution >= 0.6 is 0 Å². The quantitative estimate of drug-likeness (QED) is 0.667. The van der Waals surface area contributed by atoms with Crippen molar-refractivity contribution in [3.05, 3.63) is 0 Å². The molecule has 4 atom stereocenters. The molecule has 2 aliphatic carbocycles. The fourth-order valence-electron chi connectivity index (χ4n) is 4.49. The number of hydrogen-bond donors (Lipinski definition) is 0. The summed E-state index contributed by atoms with van der Waals surface area (Å²) in [6.45, 7) is 0. The summed E-state index contributed by atoms with van der Waals surface area (Å²) in [5, 5.41) is 0. The molecule has 0 N–H and O–H groups in total. The summed E-state index contributed by atoms with van der Waals surface area (Å²) in [5.74, 6) is 2.29. The van der Waals surface area contributed by atoms with Gasteiger partial charge in [0.2, 0.25) is 10.0 Å². The minimum Gasteiger partial charge on any atom is -0.212 e. The number of sulfonamides is 1. The summed E-state index contributed by atoms with van der Waals surface area (Å²) in [7, 11) is -1.12. The molecule has 3 nitrogen and oxygen atoms in total. The highest BCUT2D eigenvalue weighted by atomic mass is 32.2. The van der Waals surface area contributed by atoms with E-state index in [1.165, 1.54) is 38.5 Å². The molecule has 0 aromatic carbocycles. The van der Waals surface area contributed by atoms with E-state index in [0.29, 0.717) is 23.6 Å². The predicted octanol–water partition coefficient (Wildman–Crippen LogP) is 2.24. The van der Waals surface area contributed by atoms with E-state index in [4.69, 9.17) is 0 Å². The molecule has 0 aromatic heterocycles. The third kappa shape index (κ3) is 1.93. The van der Waals surface area contributed by atoms with Gasteiger partial charge in [0.1, 0.15) is 0 Å². The maximum absolute atomic E-state index is 12.0. The molecule has 0 amide bonds. The SMILES string of the molecule is CN1C2C(CCC3CCCCCC32)CS1(=O)=O. The molecule has 0 aromatic rings. The Morgan fingerprint density at radius 3 is 2.47 bits per heavy atom. The van der Waals surface area contributed by atoms with Crippen LogP contribution in [0.15, 0.2) is 0 Å². The summed E-state index contributed by atoms with van der Waals surface area (Å²) in [6, 6.07) is 0.330. The Hall–Kier alpha value is -0.0900. The van der Waals surface area contributed by atoms with Crippen LogP contribution in [0.4, 0.5) is 0 Å². The van der Waals surface area contributed by atoms with Gasteiger partial charge in [-0.05, 0) is 37.0 Å². The molecule has 3 rings (SSSR count). The summed E-state index contributed by atoms with van der Waals surface area (Å²) in [5.41, 5.74) is 0. The minimum absolute atomic E-state index is 0.330. The Morgan fingerprint density at radius 1 is 0.941 bits per heavy atom. The highest BCUT2D eigenvalue weighted by Gasteiger charge is 2.50. The average Bonchev–Trinajstić information content (AvgIpc) is 2.46. The Morgan fingerprint density at radius 2 is 1.65 bits per heavy atom. The zero-order valence-electron chi connectivity index (χ0n) is 10.6. The normalized spacial score (nSPS) is 45.9. The van der Waals surface area contributed by atoms with Gasteiger partial charge in [-0.3, -0.25) is 0 Å². The standard InChI is InChI=1S/C13H23NO2S/c1-14-13-11(9-17(14,15)16)8-7-10-5-3-2-4-6-12(10)13/h10-13H,2-9H2,1H3. The van der Waals surface area contributed by atoms with Crippen LogP contribution in [0.2, 0.25) is 0 Å². The number of fused-ring (bicyclic) bond motifs is 3. The first-order valence-corrected chi connectivity index (χ1v) is 8.66. The van der Waals surface area contributed by atoms with Gasteiger partial charge in [0, 0.05) is 13.1 Å². The second kappa shape index (κ2) is 4.23. The van der Waals surface area contributed by atoms with Gasteiger partial charge in [0.15, 0.2) is 0 Å². The van der Waals surface area contributed by atoms with Crippen molar-refractivity contribution in [2.75, 3.05) is 12.8 Å². The van der Waals surface area contributed by atoms with Crippen molar-refractivity contribution in [2.45, 2.75) is 51.0 Å². The van der Waals surface area contributed by atoms with Crippen molar-refractivity contribution in [1.29, 1.82) is 0 Å². The van der Waals surface area contributed by atoms with E-state index < -0.39 is 10.0 Å². The molecule has 98 valence electrons. The predicted molar refractivity (Wildman–Crippen MR) is 68.1 cm³/mol. The fraction of sp³-hybridized carbons (Fsp3) is 1.00. The lowest BCUT2D eigenvalue weighted by Gasteiger charge is -2.40. The first-order valence-electron chi connectivity index (χ1n) is 7.05. The second-order valence-electron chi connectivity index (χ2n) is 6.18. The summed E-state index contributed by atoms with van der Waals surface area (Å²) in [4.78, 5) is 0. The van der Waals surface area contributed by atoms with Crippen LogP contribution in [0.5, 0.6) is 0 Å². The monoisotopic (exact) mass is 257 g/mol. The third-order valence-electron chi connectivity index (χ3n) is 5.33. The van der Waals surface area contributed by atoms with Gasteiger partial charge in [0.05, 0.1) is 5.75 Å². The van der Waals surface area contributed by atoms with Gasteiger partial charge < -0.3 is 0 Å². The van der Waals surface area contributed by atoms with E-state index in [1.807, 2.05) is 7.05 Å². The van der Waals surface area contributed by atoms with Crippen molar-refractivity contribution in [3.63, 3.8) is 0 Å². The highest BCUT2D eigenvalue weighted by Crippen LogP contribution is 2.47. The Labute approximate surface area is 105 Å². The maximum atomic E-state index is 12.0. The molecule has 0 bridgehead atoms. The molecular weight excluding hydrogens is 234 g/mol. The Kier molecular flexibility index (Phi) is 2.98. The molecule has 2 saturated carbocycles. The lowest BCUT2D eigenvalue weighted by atomic mass is 9.69. The minimum atomic E-state index is -2.94. The molecule has 0 spiro atoms. The summed E-state index contributed by atoms with van der Waals surface area (Å²) in [6.07, 6.45) is 9.01. The third-order valence-corrected chi connectivity index (χ3v) is 7.30.